The molecule has 0 atom stereocenters. The minimum absolute atomic E-state index is 0.0520. The minimum Gasteiger partial charge on any atom is -0.468 e. The lowest BCUT2D eigenvalue weighted by atomic mass is 10.1. The average Bonchev–Trinajstić information content (AvgIpc) is 3.09. The third-order valence-corrected chi connectivity index (χ3v) is 5.32. The predicted molar refractivity (Wildman–Crippen MR) is 102 cm³/mol. The quantitative estimate of drug-likeness (QED) is 0.387. The van der Waals surface area contributed by atoms with Crippen molar-refractivity contribution < 1.29 is 22.7 Å². The molecule has 5 nitrogen and oxygen atoms in total. The van der Waals surface area contributed by atoms with Gasteiger partial charge in [0.15, 0.2) is 11.0 Å². The molecule has 146 valence electrons. The van der Waals surface area contributed by atoms with Crippen LogP contribution in [-0.4, -0.2) is 33.6 Å². The Kier molecular flexibility index (Phi) is 6.09. The normalized spacial score (nSPS) is 11.5. The van der Waals surface area contributed by atoms with Crippen molar-refractivity contribution in [2.75, 3.05) is 12.9 Å². The van der Waals surface area contributed by atoms with E-state index < -0.39 is 17.7 Å². The number of methoxy groups -OCH3 is 1. The van der Waals surface area contributed by atoms with E-state index in [1.165, 1.54) is 23.8 Å². The van der Waals surface area contributed by atoms with Gasteiger partial charge in [0.05, 0.1) is 24.1 Å². The van der Waals surface area contributed by atoms with E-state index in [-0.39, 0.29) is 16.6 Å². The molecule has 28 heavy (non-hydrogen) atoms. The van der Waals surface area contributed by atoms with Crippen molar-refractivity contribution in [2.24, 2.45) is 0 Å². The van der Waals surface area contributed by atoms with Crippen LogP contribution >= 0.6 is 27.7 Å². The summed E-state index contributed by atoms with van der Waals surface area (Å²) >= 11 is 4.45. The molecule has 1 heterocycles. The number of alkyl halides is 3. The van der Waals surface area contributed by atoms with Gasteiger partial charge in [0.25, 0.3) is 0 Å². The van der Waals surface area contributed by atoms with E-state index in [0.717, 1.165) is 23.9 Å². The van der Waals surface area contributed by atoms with Crippen molar-refractivity contribution >= 4 is 33.7 Å². The van der Waals surface area contributed by atoms with Crippen molar-refractivity contribution in [3.8, 4) is 17.1 Å². The summed E-state index contributed by atoms with van der Waals surface area (Å²) in [4.78, 5) is 11.5. The van der Waals surface area contributed by atoms with Gasteiger partial charge >= 0.3 is 12.1 Å². The smallest absolute Gasteiger partial charge is 0.416 e. The summed E-state index contributed by atoms with van der Waals surface area (Å²) in [5.74, 6) is -0.186. The van der Waals surface area contributed by atoms with Gasteiger partial charge in [0, 0.05) is 10.0 Å². The fourth-order valence-corrected chi connectivity index (χ4v) is 3.66. The van der Waals surface area contributed by atoms with Crippen molar-refractivity contribution in [2.45, 2.75) is 11.3 Å². The van der Waals surface area contributed by atoms with Crippen molar-refractivity contribution in [1.29, 1.82) is 0 Å². The molecule has 3 rings (SSSR count). The Bertz CT molecular complexity index is 1010. The van der Waals surface area contributed by atoms with E-state index in [1.807, 2.05) is 6.07 Å². The Morgan fingerprint density at radius 1 is 1.18 bits per heavy atom. The summed E-state index contributed by atoms with van der Waals surface area (Å²) in [5, 5.41) is 8.50. The number of carbonyl (C=O) groups is 1. The summed E-state index contributed by atoms with van der Waals surface area (Å²) in [6, 6.07) is 12.0. The summed E-state index contributed by atoms with van der Waals surface area (Å²) in [6.45, 7) is 0. The number of nitrogens with zero attached hydrogens (tertiary/aromatic N) is 3. The summed E-state index contributed by atoms with van der Waals surface area (Å²) in [5.41, 5.74) is 0.0935. The standard InChI is InChI=1S/C18H13BrF3N3O2S/c1-27-15(26)10-28-17-24-23-16(13-7-2-3-8-14(13)19)25(17)12-6-4-5-11(9-12)18(20,21)22/h2-9H,10H2,1H3. The molecule has 0 radical (unpaired) electrons. The Balaban J connectivity index is 2.15. The van der Waals surface area contributed by atoms with Crippen LogP contribution in [-0.2, 0) is 15.7 Å². The van der Waals surface area contributed by atoms with Crippen molar-refractivity contribution in [1.82, 2.24) is 14.8 Å². The Morgan fingerprint density at radius 2 is 1.93 bits per heavy atom. The largest absolute Gasteiger partial charge is 0.468 e. The van der Waals surface area contributed by atoms with Gasteiger partial charge in [0.2, 0.25) is 0 Å². The monoisotopic (exact) mass is 471 g/mol. The molecule has 0 unspecified atom stereocenters. The number of benzene rings is 2. The Hall–Kier alpha value is -2.33. The van der Waals surface area contributed by atoms with Gasteiger partial charge in [-0.2, -0.15) is 13.2 Å². The van der Waals surface area contributed by atoms with Gasteiger partial charge in [-0.1, -0.05) is 52.0 Å². The zero-order chi connectivity index (χ0) is 20.3. The van der Waals surface area contributed by atoms with E-state index in [2.05, 4.69) is 30.9 Å². The zero-order valence-corrected chi connectivity index (χ0v) is 16.8. The Labute approximate surface area is 171 Å². The van der Waals surface area contributed by atoms with Gasteiger partial charge < -0.3 is 4.74 Å². The fourth-order valence-electron chi connectivity index (χ4n) is 2.42. The number of aromatic nitrogens is 3. The van der Waals surface area contributed by atoms with Crippen molar-refractivity contribution in [3.63, 3.8) is 0 Å². The van der Waals surface area contributed by atoms with Gasteiger partial charge in [-0.3, -0.25) is 9.36 Å². The number of halogens is 4. The highest BCUT2D eigenvalue weighted by atomic mass is 79.9. The molecule has 0 amide bonds. The molecule has 0 aliphatic heterocycles. The van der Waals surface area contributed by atoms with Crippen LogP contribution < -0.4 is 0 Å². The van der Waals surface area contributed by atoms with Crippen LogP contribution in [0.3, 0.4) is 0 Å². The lowest BCUT2D eigenvalue weighted by Gasteiger charge is -2.13. The fraction of sp³-hybridized carbons (Fsp3) is 0.167. The zero-order valence-electron chi connectivity index (χ0n) is 14.4. The number of thioether (sulfide) groups is 1. The summed E-state index contributed by atoms with van der Waals surface area (Å²) in [7, 11) is 1.26. The Morgan fingerprint density at radius 3 is 2.61 bits per heavy atom. The molecule has 0 spiro atoms. The van der Waals surface area contributed by atoms with E-state index in [0.29, 0.717) is 15.9 Å². The van der Waals surface area contributed by atoms with Gasteiger partial charge in [-0.05, 0) is 24.3 Å². The number of ether oxygens (including phenoxy) is 1. The predicted octanol–water partition coefficient (Wildman–Crippen LogP) is 4.98. The number of hydrogen-bond donors (Lipinski definition) is 0. The first-order chi connectivity index (χ1) is 13.3. The molecule has 0 aliphatic rings. The molecule has 10 heteroatoms. The van der Waals surface area contributed by atoms with Crippen LogP contribution in [0.5, 0.6) is 0 Å². The van der Waals surface area contributed by atoms with Crippen LogP contribution in [0.4, 0.5) is 13.2 Å². The van der Waals surface area contributed by atoms with Crippen LogP contribution in [0.1, 0.15) is 5.56 Å². The molecular formula is C18H13BrF3N3O2S. The number of rotatable bonds is 5. The maximum absolute atomic E-state index is 13.2. The summed E-state index contributed by atoms with van der Waals surface area (Å²) in [6.07, 6.45) is -4.49. The number of carbonyl (C=O) groups excluding carboxylic acids is 1. The van der Waals surface area contributed by atoms with E-state index >= 15 is 0 Å². The van der Waals surface area contributed by atoms with Crippen LogP contribution in [0.15, 0.2) is 58.2 Å². The lowest BCUT2D eigenvalue weighted by molar-refractivity contribution is -0.138. The number of esters is 1. The second-order valence-corrected chi connectivity index (χ2v) is 7.33. The van der Waals surface area contributed by atoms with E-state index in [4.69, 9.17) is 0 Å². The van der Waals surface area contributed by atoms with Crippen LogP contribution in [0.2, 0.25) is 0 Å². The first kappa shape index (κ1) is 20.4. The maximum atomic E-state index is 13.2. The molecule has 0 fully saturated rings. The average molecular weight is 472 g/mol. The lowest BCUT2D eigenvalue weighted by Crippen LogP contribution is -2.08. The van der Waals surface area contributed by atoms with Gasteiger partial charge in [0.1, 0.15) is 0 Å². The molecule has 0 N–H and O–H groups in total. The third-order valence-electron chi connectivity index (χ3n) is 3.73. The second-order valence-electron chi connectivity index (χ2n) is 5.53. The molecule has 0 aliphatic carbocycles. The third kappa shape index (κ3) is 4.39. The molecular weight excluding hydrogens is 459 g/mol. The topological polar surface area (TPSA) is 57.0 Å². The highest BCUT2D eigenvalue weighted by molar-refractivity contribution is 9.10. The first-order valence-corrected chi connectivity index (χ1v) is 9.66. The van der Waals surface area contributed by atoms with Crippen molar-refractivity contribution in [3.05, 3.63) is 58.6 Å². The van der Waals surface area contributed by atoms with Crippen LogP contribution in [0.25, 0.3) is 17.1 Å². The van der Waals surface area contributed by atoms with Gasteiger partial charge in [-0.25, -0.2) is 0 Å². The molecule has 1 aromatic heterocycles. The SMILES string of the molecule is COC(=O)CSc1nnc(-c2ccccc2Br)n1-c1cccc(C(F)(F)F)c1. The highest BCUT2D eigenvalue weighted by Crippen LogP contribution is 2.35. The molecule has 0 bridgehead atoms. The van der Waals surface area contributed by atoms with E-state index in [1.54, 1.807) is 18.2 Å². The molecule has 0 saturated heterocycles. The van der Waals surface area contributed by atoms with Crippen LogP contribution in [0, 0.1) is 0 Å². The van der Waals surface area contributed by atoms with E-state index in [9.17, 15) is 18.0 Å². The molecule has 2 aromatic carbocycles. The number of hydrogen-bond acceptors (Lipinski definition) is 5. The highest BCUT2D eigenvalue weighted by Gasteiger charge is 2.31. The molecule has 3 aromatic rings. The second kappa shape index (κ2) is 8.36. The molecule has 0 saturated carbocycles. The van der Waals surface area contributed by atoms with Gasteiger partial charge in [-0.15, -0.1) is 10.2 Å². The maximum Gasteiger partial charge on any atom is 0.416 e. The first-order valence-electron chi connectivity index (χ1n) is 7.89. The minimum atomic E-state index is -4.49. The summed E-state index contributed by atoms with van der Waals surface area (Å²) < 4.78 is 46.4.